The van der Waals surface area contributed by atoms with Crippen molar-refractivity contribution in [3.05, 3.63) is 66.2 Å². The maximum atomic E-state index is 13.2. The third-order valence-corrected chi connectivity index (χ3v) is 6.87. The van der Waals surface area contributed by atoms with Crippen LogP contribution in [0.15, 0.2) is 60.7 Å². The average molecular weight is 488 g/mol. The van der Waals surface area contributed by atoms with E-state index in [2.05, 4.69) is 12.2 Å². The summed E-state index contributed by atoms with van der Waals surface area (Å²) in [7, 11) is -3.48. The number of sulfonamides is 1. The summed E-state index contributed by atoms with van der Waals surface area (Å²) in [6.45, 7) is 5.00. The van der Waals surface area contributed by atoms with E-state index in [4.69, 9.17) is 0 Å². The van der Waals surface area contributed by atoms with Crippen LogP contribution >= 0.6 is 0 Å². The first-order valence-corrected chi connectivity index (χ1v) is 13.7. The predicted molar refractivity (Wildman–Crippen MR) is 137 cm³/mol. The Bertz CT molecular complexity index is 997. The SMILES string of the molecule is CCCCNC(=O)[C@H](C)N(CCc1ccccc1)C(=O)CCCN(c1ccccc1)S(C)(=O)=O. The van der Waals surface area contributed by atoms with Crippen molar-refractivity contribution in [1.29, 1.82) is 0 Å². The fourth-order valence-corrected chi connectivity index (χ4v) is 4.67. The molecule has 0 bridgehead atoms. The number of anilines is 1. The van der Waals surface area contributed by atoms with Crippen molar-refractivity contribution >= 4 is 27.5 Å². The Hall–Kier alpha value is -2.87. The molecule has 2 amide bonds. The van der Waals surface area contributed by atoms with Crippen LogP contribution in [0, 0.1) is 0 Å². The summed E-state index contributed by atoms with van der Waals surface area (Å²) >= 11 is 0. The molecule has 0 aliphatic heterocycles. The van der Waals surface area contributed by atoms with E-state index in [1.165, 1.54) is 4.31 Å². The second kappa shape index (κ2) is 13.7. The molecule has 0 radical (unpaired) electrons. The number of nitrogens with one attached hydrogen (secondary N) is 1. The lowest BCUT2D eigenvalue weighted by Crippen LogP contribution is -2.49. The van der Waals surface area contributed by atoms with Gasteiger partial charge in [-0.25, -0.2) is 8.42 Å². The van der Waals surface area contributed by atoms with Gasteiger partial charge in [0.15, 0.2) is 0 Å². The van der Waals surface area contributed by atoms with Crippen LogP contribution in [0.1, 0.15) is 45.1 Å². The summed E-state index contributed by atoms with van der Waals surface area (Å²) in [6, 6.07) is 18.1. The van der Waals surface area contributed by atoms with Gasteiger partial charge in [-0.05, 0) is 43.9 Å². The Kier molecular flexibility index (Phi) is 11.1. The number of nitrogens with zero attached hydrogens (tertiary/aromatic N) is 2. The largest absolute Gasteiger partial charge is 0.354 e. The third-order valence-electron chi connectivity index (χ3n) is 5.68. The Morgan fingerprint density at radius 2 is 1.56 bits per heavy atom. The number of hydrogen-bond donors (Lipinski definition) is 1. The maximum Gasteiger partial charge on any atom is 0.242 e. The van der Waals surface area contributed by atoms with E-state index in [0.29, 0.717) is 31.6 Å². The number of hydrogen-bond acceptors (Lipinski definition) is 4. The van der Waals surface area contributed by atoms with Crippen LogP contribution in [-0.4, -0.2) is 57.1 Å². The first kappa shape index (κ1) is 27.4. The molecule has 1 N–H and O–H groups in total. The summed E-state index contributed by atoms with van der Waals surface area (Å²) < 4.78 is 25.9. The molecule has 0 unspecified atom stereocenters. The van der Waals surface area contributed by atoms with E-state index in [1.807, 2.05) is 36.4 Å². The average Bonchev–Trinajstić information content (AvgIpc) is 2.82. The highest BCUT2D eigenvalue weighted by atomic mass is 32.2. The summed E-state index contributed by atoms with van der Waals surface area (Å²) in [5, 5.41) is 2.91. The quantitative estimate of drug-likeness (QED) is 0.413. The smallest absolute Gasteiger partial charge is 0.242 e. The van der Waals surface area contributed by atoms with Gasteiger partial charge in [0, 0.05) is 26.1 Å². The lowest BCUT2D eigenvalue weighted by atomic mass is 10.1. The molecule has 186 valence electrons. The van der Waals surface area contributed by atoms with Gasteiger partial charge < -0.3 is 10.2 Å². The molecule has 2 aromatic carbocycles. The van der Waals surface area contributed by atoms with Crippen molar-refractivity contribution < 1.29 is 18.0 Å². The van der Waals surface area contributed by atoms with E-state index in [9.17, 15) is 18.0 Å². The molecule has 34 heavy (non-hydrogen) atoms. The zero-order valence-corrected chi connectivity index (χ0v) is 21.3. The predicted octanol–water partition coefficient (Wildman–Crippen LogP) is 3.61. The van der Waals surface area contributed by atoms with Crippen molar-refractivity contribution in [1.82, 2.24) is 10.2 Å². The molecular formula is C26H37N3O4S. The molecule has 7 nitrogen and oxygen atoms in total. The van der Waals surface area contributed by atoms with E-state index in [1.54, 1.807) is 36.1 Å². The van der Waals surface area contributed by atoms with Crippen LogP contribution in [0.5, 0.6) is 0 Å². The Morgan fingerprint density at radius 3 is 2.15 bits per heavy atom. The second-order valence-corrected chi connectivity index (χ2v) is 10.3. The molecule has 0 aliphatic carbocycles. The number of carbonyl (C=O) groups is 2. The van der Waals surface area contributed by atoms with Gasteiger partial charge in [0.1, 0.15) is 6.04 Å². The molecule has 0 saturated carbocycles. The Labute approximate surface area is 204 Å². The second-order valence-electron chi connectivity index (χ2n) is 8.42. The molecule has 0 aromatic heterocycles. The van der Waals surface area contributed by atoms with E-state index in [0.717, 1.165) is 24.7 Å². The van der Waals surface area contributed by atoms with E-state index >= 15 is 0 Å². The summed E-state index contributed by atoms with van der Waals surface area (Å²) in [5.74, 6) is -0.326. The minimum atomic E-state index is -3.48. The molecule has 8 heteroatoms. The van der Waals surface area contributed by atoms with Crippen LogP contribution in [0.3, 0.4) is 0 Å². The normalized spacial score (nSPS) is 12.1. The summed E-state index contributed by atoms with van der Waals surface area (Å²) in [5.41, 5.74) is 1.66. The fraction of sp³-hybridized carbons (Fsp3) is 0.462. The Balaban J connectivity index is 2.06. The molecule has 0 aliphatic rings. The van der Waals surface area contributed by atoms with Gasteiger partial charge in [0.05, 0.1) is 11.9 Å². The van der Waals surface area contributed by atoms with Crippen molar-refractivity contribution in [2.45, 2.75) is 52.0 Å². The zero-order chi connectivity index (χ0) is 25.0. The van der Waals surface area contributed by atoms with Crippen molar-refractivity contribution in [3.63, 3.8) is 0 Å². The van der Waals surface area contributed by atoms with Crippen molar-refractivity contribution in [2.75, 3.05) is 30.2 Å². The van der Waals surface area contributed by atoms with Gasteiger partial charge in [0.25, 0.3) is 0 Å². The van der Waals surface area contributed by atoms with Gasteiger partial charge in [-0.15, -0.1) is 0 Å². The van der Waals surface area contributed by atoms with Crippen LogP contribution in [0.2, 0.25) is 0 Å². The molecule has 0 heterocycles. The monoisotopic (exact) mass is 487 g/mol. The number of amides is 2. The highest BCUT2D eigenvalue weighted by Gasteiger charge is 2.26. The summed E-state index contributed by atoms with van der Waals surface area (Å²) in [4.78, 5) is 27.5. The van der Waals surface area contributed by atoms with Crippen molar-refractivity contribution in [3.8, 4) is 0 Å². The van der Waals surface area contributed by atoms with Gasteiger partial charge in [-0.1, -0.05) is 61.9 Å². The molecular weight excluding hydrogens is 450 g/mol. The van der Waals surface area contributed by atoms with Crippen LogP contribution in [-0.2, 0) is 26.0 Å². The van der Waals surface area contributed by atoms with Gasteiger partial charge in [0.2, 0.25) is 21.8 Å². The lowest BCUT2D eigenvalue weighted by molar-refractivity contribution is -0.139. The molecule has 2 aromatic rings. The van der Waals surface area contributed by atoms with Crippen LogP contribution in [0.4, 0.5) is 5.69 Å². The fourth-order valence-electron chi connectivity index (χ4n) is 3.70. The highest BCUT2D eigenvalue weighted by Crippen LogP contribution is 2.18. The topological polar surface area (TPSA) is 86.8 Å². The van der Waals surface area contributed by atoms with Gasteiger partial charge >= 0.3 is 0 Å². The maximum absolute atomic E-state index is 13.2. The third kappa shape index (κ3) is 8.82. The molecule has 0 spiro atoms. The summed E-state index contributed by atoms with van der Waals surface area (Å²) in [6.07, 6.45) is 4.17. The van der Waals surface area contributed by atoms with E-state index < -0.39 is 16.1 Å². The first-order chi connectivity index (χ1) is 16.2. The minimum Gasteiger partial charge on any atom is -0.354 e. The number of benzene rings is 2. The number of para-hydroxylation sites is 1. The van der Waals surface area contributed by atoms with Crippen LogP contribution < -0.4 is 9.62 Å². The van der Waals surface area contributed by atoms with E-state index in [-0.39, 0.29) is 24.8 Å². The minimum absolute atomic E-state index is 0.153. The standard InChI is InChI=1S/C26H37N3O4S/c1-4-5-19-27-26(31)22(2)28(21-18-23-13-8-6-9-14-23)25(30)17-12-20-29(34(3,32)33)24-15-10-7-11-16-24/h6-11,13-16,22H,4-5,12,17-21H2,1-3H3,(H,27,31)/t22-/m0/s1. The number of rotatable bonds is 14. The van der Waals surface area contributed by atoms with Crippen LogP contribution in [0.25, 0.3) is 0 Å². The number of unbranched alkanes of at least 4 members (excludes halogenated alkanes) is 1. The molecule has 2 rings (SSSR count). The van der Waals surface area contributed by atoms with Crippen molar-refractivity contribution in [2.24, 2.45) is 0 Å². The van der Waals surface area contributed by atoms with Gasteiger partial charge in [-0.3, -0.25) is 13.9 Å². The molecule has 0 saturated heterocycles. The van der Waals surface area contributed by atoms with Gasteiger partial charge in [-0.2, -0.15) is 0 Å². The molecule has 1 atom stereocenters. The number of carbonyl (C=O) groups excluding carboxylic acids is 2. The molecule has 0 fully saturated rings. The Morgan fingerprint density at radius 1 is 0.941 bits per heavy atom. The first-order valence-electron chi connectivity index (χ1n) is 11.9. The zero-order valence-electron chi connectivity index (χ0n) is 20.4. The highest BCUT2D eigenvalue weighted by molar-refractivity contribution is 7.92. The lowest BCUT2D eigenvalue weighted by Gasteiger charge is -2.29.